The van der Waals surface area contributed by atoms with Crippen LogP contribution in [0.2, 0.25) is 0 Å². The molecule has 0 N–H and O–H groups in total. The summed E-state index contributed by atoms with van der Waals surface area (Å²) in [5.74, 6) is 0.417. The maximum Gasteiger partial charge on any atom is 0.241 e. The number of nitrogens with zero attached hydrogens (tertiary/aromatic N) is 2. The fourth-order valence-electron chi connectivity index (χ4n) is 5.81. The summed E-state index contributed by atoms with van der Waals surface area (Å²) >= 11 is 0. The molecule has 1 aliphatic carbocycles. The molecule has 0 aromatic heterocycles. The summed E-state index contributed by atoms with van der Waals surface area (Å²) in [5, 5.41) is 0. The van der Waals surface area contributed by atoms with E-state index in [4.69, 9.17) is 0 Å². The van der Waals surface area contributed by atoms with E-state index in [0.717, 1.165) is 25.8 Å². The first-order valence-electron chi connectivity index (χ1n) is 9.57. The molecule has 7 heteroatoms. The minimum absolute atomic E-state index is 0.0823. The lowest BCUT2D eigenvalue weighted by Gasteiger charge is -2.42. The molecule has 0 aromatic rings. The lowest BCUT2D eigenvalue weighted by Crippen LogP contribution is -2.47. The normalized spacial score (nSPS) is 42.7. The molecule has 3 aliphatic rings. The summed E-state index contributed by atoms with van der Waals surface area (Å²) in [6, 6.07) is -0.170. The highest BCUT2D eigenvalue weighted by molar-refractivity contribution is 7.90. The van der Waals surface area contributed by atoms with E-state index < -0.39 is 10.0 Å². The van der Waals surface area contributed by atoms with Gasteiger partial charge in [-0.25, -0.2) is 12.7 Å². The first kappa shape index (κ1) is 19.6. The summed E-state index contributed by atoms with van der Waals surface area (Å²) in [7, 11) is -0.867. The zero-order valence-corrected chi connectivity index (χ0v) is 18.1. The maximum atomic E-state index is 13.4. The van der Waals surface area contributed by atoms with Crippen molar-refractivity contribution in [3.05, 3.63) is 0 Å². The van der Waals surface area contributed by atoms with E-state index in [2.05, 4.69) is 48.7 Å². The van der Waals surface area contributed by atoms with Gasteiger partial charge in [-0.1, -0.05) is 50.4 Å². The van der Waals surface area contributed by atoms with Gasteiger partial charge in [-0.05, 0) is 30.1 Å². The summed E-state index contributed by atoms with van der Waals surface area (Å²) in [5.41, 5.74) is -0.400. The minimum atomic E-state index is -3.54. The molecular formula is C18H33N2O3PS. The molecule has 2 heterocycles. The summed E-state index contributed by atoms with van der Waals surface area (Å²) in [4.78, 5) is 13.4. The standard InChI is InChI=1S/C18H33N2O3PS/c1-6-13-9-19(24)10-14(13)16(21)20-15-8-12(3)17(4,5)18(15,7-2)11-25(20,22)23/h12-15H,6-11,24H2,1-5H3/t12?,13-,14+,15-,18-/m1/s1. The predicted molar refractivity (Wildman–Crippen MR) is 103 cm³/mol. The van der Waals surface area contributed by atoms with Crippen molar-refractivity contribution in [2.75, 3.05) is 18.8 Å². The number of carbonyl (C=O) groups is 1. The van der Waals surface area contributed by atoms with Crippen LogP contribution in [-0.2, 0) is 14.8 Å². The van der Waals surface area contributed by atoms with E-state index in [1.807, 2.05) is 0 Å². The van der Waals surface area contributed by atoms with Crippen LogP contribution < -0.4 is 0 Å². The molecule has 1 amide bonds. The van der Waals surface area contributed by atoms with Gasteiger partial charge in [-0.2, -0.15) is 0 Å². The Morgan fingerprint density at radius 2 is 1.88 bits per heavy atom. The first-order chi connectivity index (χ1) is 11.5. The van der Waals surface area contributed by atoms with Crippen LogP contribution in [0.1, 0.15) is 53.9 Å². The van der Waals surface area contributed by atoms with Gasteiger partial charge >= 0.3 is 0 Å². The number of hydrogen-bond donors (Lipinski definition) is 0. The zero-order valence-electron chi connectivity index (χ0n) is 16.2. The fourth-order valence-corrected chi connectivity index (χ4v) is 8.95. The van der Waals surface area contributed by atoms with E-state index in [9.17, 15) is 13.2 Å². The molecule has 3 rings (SSSR count). The van der Waals surface area contributed by atoms with Gasteiger partial charge in [0.25, 0.3) is 0 Å². The second-order valence-corrected chi connectivity index (χ2v) is 11.6. The third-order valence-corrected chi connectivity index (χ3v) is 10.2. The topological polar surface area (TPSA) is 57.7 Å². The van der Waals surface area contributed by atoms with E-state index in [1.165, 1.54) is 4.31 Å². The summed E-state index contributed by atoms with van der Waals surface area (Å²) in [6.45, 7) is 12.3. The Kier molecular flexibility index (Phi) is 4.83. The third kappa shape index (κ3) is 2.62. The van der Waals surface area contributed by atoms with Gasteiger partial charge in [0.05, 0.1) is 17.7 Å². The Bertz CT molecular complexity index is 665. The molecule has 144 valence electrons. The highest BCUT2D eigenvalue weighted by Gasteiger charge is 2.68. The zero-order chi connectivity index (χ0) is 18.8. The Morgan fingerprint density at radius 3 is 2.44 bits per heavy atom. The number of sulfonamides is 1. The molecule has 6 atom stereocenters. The summed E-state index contributed by atoms with van der Waals surface area (Å²) < 4.78 is 29.6. The van der Waals surface area contributed by atoms with Gasteiger partial charge in [-0.15, -0.1) is 0 Å². The van der Waals surface area contributed by atoms with Gasteiger partial charge in [0.15, 0.2) is 0 Å². The quantitative estimate of drug-likeness (QED) is 0.698. The van der Waals surface area contributed by atoms with Crippen molar-refractivity contribution in [2.24, 2.45) is 28.6 Å². The van der Waals surface area contributed by atoms with Crippen molar-refractivity contribution in [3.8, 4) is 0 Å². The largest absolute Gasteiger partial charge is 0.286 e. The smallest absolute Gasteiger partial charge is 0.241 e. The van der Waals surface area contributed by atoms with Gasteiger partial charge in [0, 0.05) is 18.5 Å². The van der Waals surface area contributed by atoms with Crippen LogP contribution in [0, 0.1) is 28.6 Å². The molecule has 2 aliphatic heterocycles. The number of rotatable bonds is 3. The van der Waals surface area contributed by atoms with E-state index in [-0.39, 0.29) is 40.4 Å². The van der Waals surface area contributed by atoms with Crippen molar-refractivity contribution in [1.82, 2.24) is 8.98 Å². The average Bonchev–Trinajstić information content (AvgIpc) is 3.07. The number of amides is 1. The SMILES string of the molecule is CC[C@@H]1CN(P)C[C@@H]1C(=O)N1[C@@H]2CC(C)C(C)(C)[C@]2(CC)CS1(=O)=O. The van der Waals surface area contributed by atoms with Crippen molar-refractivity contribution >= 4 is 25.3 Å². The van der Waals surface area contributed by atoms with Crippen LogP contribution in [0.4, 0.5) is 0 Å². The molecule has 3 fully saturated rings. The van der Waals surface area contributed by atoms with E-state index in [0.29, 0.717) is 12.5 Å². The first-order valence-corrected chi connectivity index (χ1v) is 11.7. The van der Waals surface area contributed by atoms with Crippen LogP contribution in [0.15, 0.2) is 0 Å². The lowest BCUT2D eigenvalue weighted by molar-refractivity contribution is -0.133. The van der Waals surface area contributed by atoms with Gasteiger partial charge < -0.3 is 0 Å². The maximum absolute atomic E-state index is 13.4. The van der Waals surface area contributed by atoms with Gasteiger partial charge in [0.1, 0.15) is 0 Å². The van der Waals surface area contributed by atoms with Crippen LogP contribution in [0.25, 0.3) is 0 Å². The Hall–Kier alpha value is -0.190. The van der Waals surface area contributed by atoms with Crippen molar-refractivity contribution in [2.45, 2.75) is 59.9 Å². The molecule has 0 radical (unpaired) electrons. The van der Waals surface area contributed by atoms with E-state index >= 15 is 0 Å². The lowest BCUT2D eigenvalue weighted by atomic mass is 9.63. The van der Waals surface area contributed by atoms with Gasteiger partial charge in [0.2, 0.25) is 15.9 Å². The van der Waals surface area contributed by atoms with Crippen molar-refractivity contribution in [3.63, 3.8) is 0 Å². The second-order valence-electron chi connectivity index (χ2n) is 9.00. The molecule has 1 saturated carbocycles. The molecule has 0 bridgehead atoms. The van der Waals surface area contributed by atoms with E-state index in [1.54, 1.807) is 0 Å². The number of hydrogen-bond acceptors (Lipinski definition) is 4. The average molecular weight is 389 g/mol. The number of fused-ring (bicyclic) bond motifs is 1. The van der Waals surface area contributed by atoms with Crippen molar-refractivity contribution in [1.29, 1.82) is 0 Å². The van der Waals surface area contributed by atoms with Crippen molar-refractivity contribution < 1.29 is 13.2 Å². The third-order valence-electron chi connectivity index (χ3n) is 7.91. The highest BCUT2D eigenvalue weighted by atomic mass is 32.2. The Labute approximate surface area is 155 Å². The predicted octanol–water partition coefficient (Wildman–Crippen LogP) is 2.74. The van der Waals surface area contributed by atoms with Gasteiger partial charge in [-0.3, -0.25) is 9.46 Å². The molecule has 25 heavy (non-hydrogen) atoms. The molecular weight excluding hydrogens is 355 g/mol. The van der Waals surface area contributed by atoms with Crippen LogP contribution in [0.3, 0.4) is 0 Å². The molecule has 2 saturated heterocycles. The fraction of sp³-hybridized carbons (Fsp3) is 0.944. The summed E-state index contributed by atoms with van der Waals surface area (Å²) in [6.07, 6.45) is 2.50. The monoisotopic (exact) mass is 388 g/mol. The number of carbonyl (C=O) groups excluding carboxylic acids is 1. The minimum Gasteiger partial charge on any atom is -0.286 e. The molecule has 5 nitrogen and oxygen atoms in total. The van der Waals surface area contributed by atoms with Crippen LogP contribution >= 0.6 is 9.39 Å². The Balaban J connectivity index is 2.00. The Morgan fingerprint density at radius 1 is 1.24 bits per heavy atom. The molecule has 2 unspecified atom stereocenters. The highest BCUT2D eigenvalue weighted by Crippen LogP contribution is 2.63. The molecule has 0 aromatic carbocycles. The van der Waals surface area contributed by atoms with Crippen LogP contribution in [0.5, 0.6) is 0 Å². The second kappa shape index (κ2) is 6.17. The van der Waals surface area contributed by atoms with Crippen LogP contribution in [-0.4, -0.2) is 48.2 Å². The molecule has 0 spiro atoms.